The summed E-state index contributed by atoms with van der Waals surface area (Å²) in [4.78, 5) is 26.8. The lowest BCUT2D eigenvalue weighted by atomic mass is 10.0. The van der Waals surface area contributed by atoms with Crippen molar-refractivity contribution in [1.82, 2.24) is 14.1 Å². The molecular formula is C26H34Cl2N4O6S. The average Bonchev–Trinajstić information content (AvgIpc) is 3.33. The maximum absolute atomic E-state index is 12.7. The van der Waals surface area contributed by atoms with Gasteiger partial charge in [0.25, 0.3) is 11.7 Å². The molecule has 1 aliphatic rings. The molecule has 13 heteroatoms. The number of nitrogens with one attached hydrogen (secondary N) is 1. The molecule has 1 saturated heterocycles. The minimum Gasteiger partial charge on any atom is -0.481 e. The van der Waals surface area contributed by atoms with Crippen LogP contribution in [-0.2, 0) is 9.53 Å². The highest BCUT2D eigenvalue weighted by molar-refractivity contribution is 6.99. The van der Waals surface area contributed by atoms with Crippen molar-refractivity contribution in [2.24, 2.45) is 0 Å². The molecule has 0 radical (unpaired) electrons. The second-order valence-corrected chi connectivity index (χ2v) is 11.4. The van der Waals surface area contributed by atoms with Gasteiger partial charge in [-0.05, 0) is 44.9 Å². The molecule has 39 heavy (non-hydrogen) atoms. The summed E-state index contributed by atoms with van der Waals surface area (Å²) in [6.45, 7) is 14.1. The van der Waals surface area contributed by atoms with Crippen LogP contribution in [-0.4, -0.2) is 69.8 Å². The van der Waals surface area contributed by atoms with E-state index in [4.69, 9.17) is 37.4 Å². The number of halogens is 2. The highest BCUT2D eigenvalue weighted by Gasteiger charge is 2.41. The Morgan fingerprint density at radius 3 is 2.49 bits per heavy atom. The Morgan fingerprint density at radius 2 is 1.87 bits per heavy atom. The van der Waals surface area contributed by atoms with Gasteiger partial charge in [0.15, 0.2) is 5.78 Å². The van der Waals surface area contributed by atoms with Gasteiger partial charge in [-0.25, -0.2) is 0 Å². The fourth-order valence-electron chi connectivity index (χ4n) is 3.86. The van der Waals surface area contributed by atoms with E-state index < -0.39 is 18.2 Å². The van der Waals surface area contributed by atoms with Crippen LogP contribution in [0.15, 0.2) is 24.3 Å². The molecule has 0 aliphatic carbocycles. The molecule has 0 unspecified atom stereocenters. The Labute approximate surface area is 242 Å². The molecular weight excluding hydrogens is 567 g/mol. The van der Waals surface area contributed by atoms with E-state index in [1.54, 1.807) is 0 Å². The van der Waals surface area contributed by atoms with Crippen LogP contribution in [0.1, 0.15) is 57.3 Å². The van der Waals surface area contributed by atoms with Crippen molar-refractivity contribution >= 4 is 52.5 Å². The third kappa shape index (κ3) is 8.28. The first-order chi connectivity index (χ1) is 18.4. The monoisotopic (exact) mass is 600 g/mol. The number of nitrogens with zero attached hydrogens (tertiary/aromatic N) is 3. The number of hydrogen-bond donors (Lipinski definition) is 2. The number of carbonyl (C=O) groups excluding carboxylic acids is 1. The summed E-state index contributed by atoms with van der Waals surface area (Å²) in [5, 5.41) is 13.2. The summed E-state index contributed by atoms with van der Waals surface area (Å²) in [5.74, 6) is -2.54. The van der Waals surface area contributed by atoms with Gasteiger partial charge in [0.05, 0.1) is 30.0 Å². The summed E-state index contributed by atoms with van der Waals surface area (Å²) >= 11 is 14.0. The highest BCUT2D eigenvalue weighted by Crippen LogP contribution is 2.40. The molecule has 1 aromatic heterocycles. The van der Waals surface area contributed by atoms with Gasteiger partial charge in [-0.1, -0.05) is 36.7 Å². The van der Waals surface area contributed by atoms with Gasteiger partial charge in [0.1, 0.15) is 17.2 Å². The number of rotatable bonds is 13. The van der Waals surface area contributed by atoms with Crippen molar-refractivity contribution in [3.8, 4) is 11.6 Å². The number of ether oxygens (including phenoxy) is 3. The molecule has 10 nitrogen and oxygen atoms in total. The number of benzene rings is 1. The first-order valence-electron chi connectivity index (χ1n) is 12.6. The number of hydrogen-bond acceptors (Lipinski definition) is 10. The van der Waals surface area contributed by atoms with Crippen LogP contribution >= 0.6 is 34.9 Å². The number of ketones is 1. The van der Waals surface area contributed by atoms with E-state index in [-0.39, 0.29) is 45.0 Å². The van der Waals surface area contributed by atoms with Gasteiger partial charge >= 0.3 is 5.97 Å². The molecule has 1 fully saturated rings. The van der Waals surface area contributed by atoms with Crippen LogP contribution in [0.4, 0.5) is 5.82 Å². The van der Waals surface area contributed by atoms with E-state index in [2.05, 4.69) is 20.6 Å². The van der Waals surface area contributed by atoms with Crippen molar-refractivity contribution in [2.75, 3.05) is 37.7 Å². The Balaban J connectivity index is 2.02. The third-order valence-electron chi connectivity index (χ3n) is 5.95. The van der Waals surface area contributed by atoms with E-state index in [1.165, 1.54) is 12.1 Å². The first kappa shape index (κ1) is 31.1. The average molecular weight is 602 g/mol. The largest absolute Gasteiger partial charge is 0.481 e. The molecule has 0 amide bonds. The predicted octanol–water partition coefficient (Wildman–Crippen LogP) is 5.24. The molecule has 0 bridgehead atoms. The highest BCUT2D eigenvalue weighted by atomic mass is 35.5. The van der Waals surface area contributed by atoms with Crippen molar-refractivity contribution in [3.05, 3.63) is 39.9 Å². The number of aromatic nitrogens is 2. The van der Waals surface area contributed by atoms with Crippen molar-refractivity contribution in [1.29, 1.82) is 0 Å². The molecule has 0 saturated carbocycles. The fraction of sp³-hybridized carbons (Fsp3) is 0.538. The van der Waals surface area contributed by atoms with Crippen molar-refractivity contribution < 1.29 is 28.9 Å². The Bertz CT molecular complexity index is 1200. The quantitative estimate of drug-likeness (QED) is 0.179. The van der Waals surface area contributed by atoms with Gasteiger partial charge < -0.3 is 29.5 Å². The maximum Gasteiger partial charge on any atom is 0.311 e. The standard InChI is InChI=1S/C26H34Cl2N4O6S/c1-6-16(2)22(35)17-7-8-18(21(28)20(17)27)37-26(15-19(33)34,9-10-29-25(3,4)5)38-24-23(30-39-31-24)32-11-13-36-14-12-32/h7-8,29H,2,6,9-15H2,1,3-5H3,(H,33,34)/t26-/m0/s1. The number of anilines is 1. The SMILES string of the molecule is C=C(CC)C(=O)c1ccc(O[C@](CCNC(C)(C)C)(CC(=O)O)Oc2nsnc2N2CCOCC2)c(Cl)c1Cl. The van der Waals surface area contributed by atoms with Gasteiger partial charge in [0.2, 0.25) is 5.82 Å². The number of morpholine rings is 1. The maximum atomic E-state index is 12.7. The molecule has 2 aromatic rings. The predicted molar refractivity (Wildman–Crippen MR) is 152 cm³/mol. The van der Waals surface area contributed by atoms with E-state index in [0.29, 0.717) is 50.7 Å². The number of carboxylic acid groups (broad SMARTS) is 1. The summed E-state index contributed by atoms with van der Waals surface area (Å²) in [6, 6.07) is 2.96. The Kier molecular flexibility index (Phi) is 10.6. The van der Waals surface area contributed by atoms with Crippen LogP contribution in [0.5, 0.6) is 11.6 Å². The van der Waals surface area contributed by atoms with Crippen LogP contribution in [0.25, 0.3) is 0 Å². The number of allylic oxidation sites excluding steroid dienone is 1. The number of aliphatic carboxylic acids is 1. The van der Waals surface area contributed by atoms with Crippen LogP contribution in [0.2, 0.25) is 10.0 Å². The lowest BCUT2D eigenvalue weighted by Crippen LogP contribution is -2.49. The minimum atomic E-state index is -1.74. The summed E-state index contributed by atoms with van der Waals surface area (Å²) in [7, 11) is 0. The van der Waals surface area contributed by atoms with Gasteiger partial charge in [-0.3, -0.25) is 9.59 Å². The Morgan fingerprint density at radius 1 is 1.18 bits per heavy atom. The van der Waals surface area contributed by atoms with Crippen LogP contribution in [0.3, 0.4) is 0 Å². The zero-order chi connectivity index (χ0) is 28.8. The fourth-order valence-corrected chi connectivity index (χ4v) is 4.81. The second kappa shape index (κ2) is 13.3. The molecule has 2 N–H and O–H groups in total. The van der Waals surface area contributed by atoms with E-state index in [0.717, 1.165) is 11.7 Å². The lowest BCUT2D eigenvalue weighted by Gasteiger charge is -2.35. The zero-order valence-electron chi connectivity index (χ0n) is 22.5. The van der Waals surface area contributed by atoms with Crippen molar-refractivity contribution in [2.45, 2.75) is 58.3 Å². The molecule has 1 aliphatic heterocycles. The minimum absolute atomic E-state index is 0.0184. The van der Waals surface area contributed by atoms with Crippen LogP contribution < -0.4 is 19.7 Å². The normalized spacial score (nSPS) is 15.5. The molecule has 1 aromatic carbocycles. The molecule has 214 valence electrons. The number of carboxylic acids is 1. The molecule has 1 atom stereocenters. The topological polar surface area (TPSA) is 123 Å². The van der Waals surface area contributed by atoms with Gasteiger partial charge in [-0.2, -0.15) is 4.37 Å². The van der Waals surface area contributed by atoms with E-state index in [1.807, 2.05) is 32.6 Å². The van der Waals surface area contributed by atoms with Gasteiger partial charge in [-0.15, -0.1) is 4.37 Å². The summed E-state index contributed by atoms with van der Waals surface area (Å²) < 4.78 is 26.7. The van der Waals surface area contributed by atoms with E-state index >= 15 is 0 Å². The van der Waals surface area contributed by atoms with E-state index in [9.17, 15) is 14.7 Å². The summed E-state index contributed by atoms with van der Waals surface area (Å²) in [6.07, 6.45) is 0.0205. The van der Waals surface area contributed by atoms with Crippen molar-refractivity contribution in [3.63, 3.8) is 0 Å². The lowest BCUT2D eigenvalue weighted by molar-refractivity contribution is -0.162. The summed E-state index contributed by atoms with van der Waals surface area (Å²) in [5.41, 5.74) is 0.309. The third-order valence-corrected chi connectivity index (χ3v) is 7.32. The molecule has 0 spiro atoms. The number of carbonyl (C=O) groups is 2. The first-order valence-corrected chi connectivity index (χ1v) is 14.0. The molecule has 3 rings (SSSR count). The number of Topliss-reactive ketones (excluding diaryl/α,β-unsaturated/α-hetero) is 1. The second-order valence-electron chi connectivity index (χ2n) is 10.1. The zero-order valence-corrected chi connectivity index (χ0v) is 24.8. The van der Waals surface area contributed by atoms with Crippen LogP contribution in [0, 0.1) is 0 Å². The molecule has 2 heterocycles. The Hall–Kier alpha value is -2.44. The smallest absolute Gasteiger partial charge is 0.311 e. The van der Waals surface area contributed by atoms with Gasteiger partial charge in [0, 0.05) is 37.2 Å².